The highest BCUT2D eigenvalue weighted by Gasteiger charge is 2.34. The smallest absolute Gasteiger partial charge is 0.376 e. The van der Waals surface area contributed by atoms with Crippen LogP contribution in [-0.4, -0.2) is 76.7 Å². The van der Waals surface area contributed by atoms with Gasteiger partial charge < -0.3 is 20.4 Å². The molecule has 0 saturated carbocycles. The molecule has 0 bridgehead atoms. The lowest BCUT2D eigenvalue weighted by atomic mass is 10.0. The van der Waals surface area contributed by atoms with Gasteiger partial charge in [-0.2, -0.15) is 13.2 Å². The summed E-state index contributed by atoms with van der Waals surface area (Å²) in [4.78, 5) is 8.63. The molecule has 0 amide bonds. The Hall–Kier alpha value is -3.36. The van der Waals surface area contributed by atoms with Crippen molar-refractivity contribution in [3.05, 3.63) is 59.9 Å². The van der Waals surface area contributed by atoms with Crippen molar-refractivity contribution in [2.24, 2.45) is 0 Å². The molecule has 6 nitrogen and oxygen atoms in total. The summed E-state index contributed by atoms with van der Waals surface area (Å²) in [7, 11) is 1.86. The topological polar surface area (TPSA) is 47.8 Å². The Labute approximate surface area is 242 Å². The maximum atomic E-state index is 14.7. The molecule has 2 aromatic heterocycles. The van der Waals surface area contributed by atoms with E-state index in [1.165, 1.54) is 10.6 Å². The summed E-state index contributed by atoms with van der Waals surface area (Å²) in [6.45, 7) is 9.54. The third-order valence-electron chi connectivity index (χ3n) is 7.54. The van der Waals surface area contributed by atoms with E-state index in [0.29, 0.717) is 18.7 Å². The highest BCUT2D eigenvalue weighted by atomic mass is 32.2. The molecule has 11 heteroatoms. The average molecular weight is 587 g/mol. The largest absolute Gasteiger partial charge is 0.447 e. The number of hydrogen-bond donors (Lipinski definition) is 2. The predicted molar refractivity (Wildman–Crippen MR) is 158 cm³/mol. The zero-order valence-electron chi connectivity index (χ0n) is 23.2. The third kappa shape index (κ3) is 6.76. The van der Waals surface area contributed by atoms with E-state index >= 15 is 0 Å². The number of anilines is 2. The molecule has 5 rings (SSSR count). The molecule has 2 N–H and O–H groups in total. The van der Waals surface area contributed by atoms with Crippen LogP contribution in [0.15, 0.2) is 48.1 Å². The van der Waals surface area contributed by atoms with Crippen LogP contribution in [0.4, 0.5) is 28.9 Å². The molecule has 2 saturated heterocycles. The number of nitrogens with zero attached hydrogens (tertiary/aromatic N) is 4. The first-order valence-corrected chi connectivity index (χ1v) is 14.6. The second-order valence-corrected chi connectivity index (χ2v) is 11.5. The quantitative estimate of drug-likeness (QED) is 0.189. The van der Waals surface area contributed by atoms with Crippen LogP contribution in [0.3, 0.4) is 0 Å². The zero-order chi connectivity index (χ0) is 29.1. The summed E-state index contributed by atoms with van der Waals surface area (Å²) in [5.74, 6) is 5.81. The maximum absolute atomic E-state index is 14.7. The molecule has 218 valence electrons. The number of nitrogens with one attached hydrogen (secondary N) is 2. The first kappa shape index (κ1) is 29.1. The Bertz CT molecular complexity index is 1470. The number of piperidine rings is 1. The minimum atomic E-state index is -4.53. The van der Waals surface area contributed by atoms with Crippen molar-refractivity contribution in [1.82, 2.24) is 19.2 Å². The molecule has 1 aromatic carbocycles. The second-order valence-electron chi connectivity index (χ2n) is 10.4. The van der Waals surface area contributed by atoms with Gasteiger partial charge in [-0.05, 0) is 61.6 Å². The van der Waals surface area contributed by atoms with Gasteiger partial charge in [-0.3, -0.25) is 4.40 Å². The second kappa shape index (κ2) is 12.2. The first-order chi connectivity index (χ1) is 19.6. The summed E-state index contributed by atoms with van der Waals surface area (Å²) in [6.07, 6.45) is 2.98. The standard InChI is InChI=1S/C30H34F4N6S/c1-4-21-10-11-22(20(2)39-14-7-15-39)18-27(21)35-13-5-8-26-29(41-30(32,33)34)40-16-6-9-25(28(40)37-26)36-24-12-17-38(3)19-23(24)31/h6,9-11,16,18,23-24,35-36H,2,4,7,12-15,17,19H2,1,3H3. The minimum absolute atomic E-state index is 0.0270. The lowest BCUT2D eigenvalue weighted by Crippen LogP contribution is -2.46. The SMILES string of the molecule is C=C(c1ccc(CC)c(NCC#Cc2nc3c(NC4CCN(C)CC4F)cccn3c2SC(F)(F)F)c1)N1CCC1. The number of pyridine rings is 1. The molecule has 0 aliphatic carbocycles. The predicted octanol–water partition coefficient (Wildman–Crippen LogP) is 6.10. The molecule has 0 radical (unpaired) electrons. The van der Waals surface area contributed by atoms with Crippen molar-refractivity contribution in [3.63, 3.8) is 0 Å². The van der Waals surface area contributed by atoms with E-state index in [1.54, 1.807) is 12.1 Å². The number of aryl methyl sites for hydroxylation is 1. The van der Waals surface area contributed by atoms with Gasteiger partial charge in [0.05, 0.1) is 18.3 Å². The van der Waals surface area contributed by atoms with E-state index in [-0.39, 0.29) is 34.7 Å². The molecular formula is C30H34F4N6S. The van der Waals surface area contributed by atoms with Crippen molar-refractivity contribution in [3.8, 4) is 11.8 Å². The van der Waals surface area contributed by atoms with E-state index in [9.17, 15) is 17.6 Å². The Kier molecular flexibility index (Phi) is 8.71. The van der Waals surface area contributed by atoms with Crippen molar-refractivity contribution in [2.45, 2.75) is 48.9 Å². The van der Waals surface area contributed by atoms with Crippen molar-refractivity contribution in [2.75, 3.05) is 50.4 Å². The lowest BCUT2D eigenvalue weighted by Gasteiger charge is -2.35. The summed E-state index contributed by atoms with van der Waals surface area (Å²) < 4.78 is 56.7. The van der Waals surface area contributed by atoms with Crippen LogP contribution in [0.5, 0.6) is 0 Å². The number of likely N-dealkylation sites (tertiary alicyclic amines) is 2. The summed E-state index contributed by atoms with van der Waals surface area (Å²) in [6, 6.07) is 9.07. The molecule has 2 unspecified atom stereocenters. The fourth-order valence-corrected chi connectivity index (χ4v) is 5.79. The number of hydrogen-bond acceptors (Lipinski definition) is 6. The van der Waals surface area contributed by atoms with E-state index in [4.69, 9.17) is 0 Å². The van der Waals surface area contributed by atoms with Gasteiger partial charge in [0.2, 0.25) is 0 Å². The van der Waals surface area contributed by atoms with Gasteiger partial charge in [0.15, 0.2) is 5.65 Å². The van der Waals surface area contributed by atoms with Crippen molar-refractivity contribution < 1.29 is 17.6 Å². The van der Waals surface area contributed by atoms with Crippen molar-refractivity contribution >= 4 is 34.5 Å². The van der Waals surface area contributed by atoms with E-state index in [2.05, 4.69) is 64.1 Å². The third-order valence-corrected chi connectivity index (χ3v) is 8.35. The summed E-state index contributed by atoms with van der Waals surface area (Å²) in [5, 5.41) is 6.39. The van der Waals surface area contributed by atoms with Crippen LogP contribution in [0, 0.1) is 11.8 Å². The van der Waals surface area contributed by atoms with Gasteiger partial charge in [-0.25, -0.2) is 9.37 Å². The molecule has 0 spiro atoms. The molecule has 41 heavy (non-hydrogen) atoms. The Morgan fingerprint density at radius 1 is 1.20 bits per heavy atom. The van der Waals surface area contributed by atoms with Crippen LogP contribution in [-0.2, 0) is 6.42 Å². The zero-order valence-corrected chi connectivity index (χ0v) is 24.0. The van der Waals surface area contributed by atoms with Gasteiger partial charge in [0.1, 0.15) is 16.9 Å². The van der Waals surface area contributed by atoms with Crippen LogP contribution in [0.1, 0.15) is 36.6 Å². The number of aromatic nitrogens is 2. The fourth-order valence-electron chi connectivity index (χ4n) is 5.13. The Balaban J connectivity index is 1.39. The Morgan fingerprint density at radius 3 is 2.68 bits per heavy atom. The van der Waals surface area contributed by atoms with Crippen LogP contribution in [0.25, 0.3) is 11.3 Å². The van der Waals surface area contributed by atoms with Crippen molar-refractivity contribution in [1.29, 1.82) is 0 Å². The maximum Gasteiger partial charge on any atom is 0.447 e. The van der Waals surface area contributed by atoms with Crippen LogP contribution >= 0.6 is 11.8 Å². The van der Waals surface area contributed by atoms with Gasteiger partial charge in [0.25, 0.3) is 0 Å². The average Bonchev–Trinajstić information content (AvgIpc) is 3.23. The van der Waals surface area contributed by atoms with E-state index in [1.807, 2.05) is 11.9 Å². The monoisotopic (exact) mass is 586 g/mol. The molecule has 2 aliphatic heterocycles. The van der Waals surface area contributed by atoms with Gasteiger partial charge >= 0.3 is 5.51 Å². The number of imidazole rings is 1. The molecule has 2 fully saturated rings. The fraction of sp³-hybridized carbons (Fsp3) is 0.433. The molecule has 2 aliphatic rings. The van der Waals surface area contributed by atoms with Gasteiger partial charge in [-0.15, -0.1) is 0 Å². The lowest BCUT2D eigenvalue weighted by molar-refractivity contribution is -0.0329. The van der Waals surface area contributed by atoms with E-state index < -0.39 is 17.7 Å². The van der Waals surface area contributed by atoms with Crippen LogP contribution < -0.4 is 10.6 Å². The summed E-state index contributed by atoms with van der Waals surface area (Å²) >= 11 is -0.250. The minimum Gasteiger partial charge on any atom is -0.376 e. The molecule has 3 aromatic rings. The first-order valence-electron chi connectivity index (χ1n) is 13.8. The number of fused-ring (bicyclic) bond motifs is 1. The number of benzene rings is 1. The molecule has 2 atom stereocenters. The number of alkyl halides is 4. The normalized spacial score (nSPS) is 19.4. The molecular weight excluding hydrogens is 552 g/mol. The number of halogens is 4. The highest BCUT2D eigenvalue weighted by Crippen LogP contribution is 2.39. The summed E-state index contributed by atoms with van der Waals surface area (Å²) in [5.41, 5.74) is 0.313. The molecule has 4 heterocycles. The Morgan fingerprint density at radius 2 is 2.00 bits per heavy atom. The van der Waals surface area contributed by atoms with Gasteiger partial charge in [-0.1, -0.05) is 31.6 Å². The van der Waals surface area contributed by atoms with E-state index in [0.717, 1.165) is 55.0 Å². The number of thioether (sulfide) groups is 1. The number of rotatable bonds is 8. The van der Waals surface area contributed by atoms with Gasteiger partial charge in [0, 0.05) is 55.5 Å². The van der Waals surface area contributed by atoms with Crippen LogP contribution in [0.2, 0.25) is 0 Å². The highest BCUT2D eigenvalue weighted by molar-refractivity contribution is 8.00.